The van der Waals surface area contributed by atoms with Crippen LogP contribution in [0.4, 0.5) is 0 Å². The average molecular weight is 369 g/mol. The van der Waals surface area contributed by atoms with Crippen molar-refractivity contribution in [1.82, 2.24) is 4.90 Å². The maximum atomic E-state index is 12.1. The standard InChI is InChI=1S/C22H27NO4/c1-2-25-20-10-8-18(9-11-20)14-22(24)27-17-21-16-23(12-13-26-21)15-19-6-4-3-5-7-19/h3-11,21H,2,12-17H2,1H3. The summed E-state index contributed by atoms with van der Waals surface area (Å²) < 4.78 is 16.6. The van der Waals surface area contributed by atoms with Gasteiger partial charge in [0, 0.05) is 19.6 Å². The molecule has 2 aromatic rings. The van der Waals surface area contributed by atoms with Crippen LogP contribution in [0.2, 0.25) is 0 Å². The van der Waals surface area contributed by atoms with Crippen molar-refractivity contribution in [3.05, 3.63) is 65.7 Å². The van der Waals surface area contributed by atoms with Crippen molar-refractivity contribution in [3.63, 3.8) is 0 Å². The van der Waals surface area contributed by atoms with Crippen molar-refractivity contribution in [2.24, 2.45) is 0 Å². The van der Waals surface area contributed by atoms with Crippen LogP contribution in [0.25, 0.3) is 0 Å². The number of morpholine rings is 1. The molecule has 0 aliphatic carbocycles. The number of esters is 1. The second-order valence-corrected chi connectivity index (χ2v) is 6.65. The van der Waals surface area contributed by atoms with Crippen molar-refractivity contribution >= 4 is 5.97 Å². The largest absolute Gasteiger partial charge is 0.494 e. The third kappa shape index (κ3) is 6.38. The molecule has 1 aliphatic rings. The molecule has 1 atom stereocenters. The van der Waals surface area contributed by atoms with Crippen LogP contribution in [0.15, 0.2) is 54.6 Å². The van der Waals surface area contributed by atoms with Gasteiger partial charge in [0.05, 0.1) is 19.6 Å². The highest BCUT2D eigenvalue weighted by atomic mass is 16.6. The van der Waals surface area contributed by atoms with Crippen LogP contribution in [-0.4, -0.2) is 49.9 Å². The van der Waals surface area contributed by atoms with Crippen molar-refractivity contribution in [2.75, 3.05) is 32.9 Å². The molecule has 0 saturated carbocycles. The normalized spacial score (nSPS) is 17.4. The van der Waals surface area contributed by atoms with Crippen LogP contribution in [0.1, 0.15) is 18.1 Å². The van der Waals surface area contributed by atoms with E-state index in [1.807, 2.05) is 37.3 Å². The number of carbonyl (C=O) groups excluding carboxylic acids is 1. The zero-order valence-corrected chi connectivity index (χ0v) is 15.8. The van der Waals surface area contributed by atoms with Crippen LogP contribution in [0.3, 0.4) is 0 Å². The molecule has 5 heteroatoms. The molecule has 3 rings (SSSR count). The Balaban J connectivity index is 1.41. The number of hydrogen-bond donors (Lipinski definition) is 0. The Hall–Kier alpha value is -2.37. The maximum Gasteiger partial charge on any atom is 0.310 e. The van der Waals surface area contributed by atoms with Gasteiger partial charge in [-0.3, -0.25) is 9.69 Å². The Labute approximate surface area is 160 Å². The predicted octanol–water partition coefficient (Wildman–Crippen LogP) is 3.07. The van der Waals surface area contributed by atoms with E-state index in [1.54, 1.807) is 0 Å². The summed E-state index contributed by atoms with van der Waals surface area (Å²) in [4.78, 5) is 14.5. The first-order valence-electron chi connectivity index (χ1n) is 9.48. The molecule has 144 valence electrons. The van der Waals surface area contributed by atoms with Gasteiger partial charge in [-0.05, 0) is 30.2 Å². The summed E-state index contributed by atoms with van der Waals surface area (Å²) in [5.41, 5.74) is 2.20. The first-order chi connectivity index (χ1) is 13.2. The second-order valence-electron chi connectivity index (χ2n) is 6.65. The van der Waals surface area contributed by atoms with Crippen molar-refractivity contribution in [3.8, 4) is 5.75 Å². The number of ether oxygens (including phenoxy) is 3. The van der Waals surface area contributed by atoms with Gasteiger partial charge in [0.2, 0.25) is 0 Å². The smallest absolute Gasteiger partial charge is 0.310 e. The van der Waals surface area contributed by atoms with E-state index < -0.39 is 0 Å². The molecule has 0 N–H and O–H groups in total. The van der Waals surface area contributed by atoms with Gasteiger partial charge < -0.3 is 14.2 Å². The molecule has 0 aromatic heterocycles. The van der Waals surface area contributed by atoms with Gasteiger partial charge in [0.1, 0.15) is 18.5 Å². The summed E-state index contributed by atoms with van der Waals surface area (Å²) >= 11 is 0. The summed E-state index contributed by atoms with van der Waals surface area (Å²) in [6, 6.07) is 17.9. The highest BCUT2D eigenvalue weighted by Gasteiger charge is 2.22. The van der Waals surface area contributed by atoms with Gasteiger partial charge in [0.25, 0.3) is 0 Å². The topological polar surface area (TPSA) is 48.0 Å². The lowest BCUT2D eigenvalue weighted by Gasteiger charge is -2.32. The summed E-state index contributed by atoms with van der Waals surface area (Å²) in [5.74, 6) is 0.576. The number of carbonyl (C=O) groups is 1. The first-order valence-corrected chi connectivity index (χ1v) is 9.48. The van der Waals surface area contributed by atoms with Crippen LogP contribution < -0.4 is 4.74 Å². The Morgan fingerprint density at radius 1 is 1.11 bits per heavy atom. The monoisotopic (exact) mass is 369 g/mol. The van der Waals surface area contributed by atoms with E-state index in [1.165, 1.54) is 5.56 Å². The summed E-state index contributed by atoms with van der Waals surface area (Å²) in [6.45, 7) is 6.08. The van der Waals surface area contributed by atoms with E-state index in [-0.39, 0.29) is 18.5 Å². The highest BCUT2D eigenvalue weighted by molar-refractivity contribution is 5.72. The van der Waals surface area contributed by atoms with E-state index in [2.05, 4.69) is 29.2 Å². The van der Waals surface area contributed by atoms with E-state index in [0.29, 0.717) is 19.8 Å². The van der Waals surface area contributed by atoms with Gasteiger partial charge in [-0.1, -0.05) is 42.5 Å². The van der Waals surface area contributed by atoms with Crippen LogP contribution in [0, 0.1) is 0 Å². The van der Waals surface area contributed by atoms with Crippen molar-refractivity contribution in [2.45, 2.75) is 26.0 Å². The molecule has 0 spiro atoms. The second kappa shape index (κ2) is 10.1. The Morgan fingerprint density at radius 3 is 2.63 bits per heavy atom. The minimum Gasteiger partial charge on any atom is -0.494 e. The number of hydrogen-bond acceptors (Lipinski definition) is 5. The molecule has 5 nitrogen and oxygen atoms in total. The molecule has 0 bridgehead atoms. The van der Waals surface area contributed by atoms with Gasteiger partial charge >= 0.3 is 5.97 Å². The fourth-order valence-corrected chi connectivity index (χ4v) is 3.14. The Bertz CT molecular complexity index is 702. The van der Waals surface area contributed by atoms with Gasteiger partial charge in [-0.25, -0.2) is 0 Å². The molecule has 27 heavy (non-hydrogen) atoms. The third-order valence-corrected chi connectivity index (χ3v) is 4.48. The Morgan fingerprint density at radius 2 is 1.89 bits per heavy atom. The third-order valence-electron chi connectivity index (χ3n) is 4.48. The summed E-state index contributed by atoms with van der Waals surface area (Å²) in [7, 11) is 0. The molecule has 1 fully saturated rings. The van der Waals surface area contributed by atoms with E-state index in [9.17, 15) is 4.79 Å². The van der Waals surface area contributed by atoms with Crippen LogP contribution >= 0.6 is 0 Å². The highest BCUT2D eigenvalue weighted by Crippen LogP contribution is 2.14. The minimum atomic E-state index is -0.233. The summed E-state index contributed by atoms with van der Waals surface area (Å²) in [6.07, 6.45) is 0.180. The lowest BCUT2D eigenvalue weighted by molar-refractivity contribution is -0.149. The molecule has 0 radical (unpaired) electrons. The van der Waals surface area contributed by atoms with Crippen molar-refractivity contribution in [1.29, 1.82) is 0 Å². The van der Waals surface area contributed by atoms with Gasteiger partial charge in [-0.2, -0.15) is 0 Å². The molecular formula is C22H27NO4. The molecule has 0 amide bonds. The lowest BCUT2D eigenvalue weighted by Crippen LogP contribution is -2.44. The fourth-order valence-electron chi connectivity index (χ4n) is 3.14. The predicted molar refractivity (Wildman–Crippen MR) is 104 cm³/mol. The first kappa shape index (κ1) is 19.4. The molecule has 1 aliphatic heterocycles. The van der Waals surface area contributed by atoms with E-state index in [4.69, 9.17) is 14.2 Å². The fraction of sp³-hybridized carbons (Fsp3) is 0.409. The number of rotatable bonds is 8. The van der Waals surface area contributed by atoms with E-state index >= 15 is 0 Å². The quantitative estimate of drug-likeness (QED) is 0.670. The van der Waals surface area contributed by atoms with Crippen LogP contribution in [0.5, 0.6) is 5.75 Å². The van der Waals surface area contributed by atoms with Gasteiger partial charge in [0.15, 0.2) is 0 Å². The minimum absolute atomic E-state index is 0.0771. The van der Waals surface area contributed by atoms with E-state index in [0.717, 1.165) is 30.9 Å². The molecule has 1 saturated heterocycles. The van der Waals surface area contributed by atoms with Crippen molar-refractivity contribution < 1.29 is 19.0 Å². The zero-order chi connectivity index (χ0) is 18.9. The molecule has 1 heterocycles. The molecule has 2 aromatic carbocycles. The zero-order valence-electron chi connectivity index (χ0n) is 15.8. The number of benzene rings is 2. The lowest BCUT2D eigenvalue weighted by atomic mass is 10.1. The van der Waals surface area contributed by atoms with Gasteiger partial charge in [-0.15, -0.1) is 0 Å². The molecule has 1 unspecified atom stereocenters. The average Bonchev–Trinajstić information content (AvgIpc) is 2.69. The SMILES string of the molecule is CCOc1ccc(CC(=O)OCC2CN(Cc3ccccc3)CCO2)cc1. The maximum absolute atomic E-state index is 12.1. The summed E-state index contributed by atoms with van der Waals surface area (Å²) in [5, 5.41) is 0. The number of nitrogens with zero attached hydrogens (tertiary/aromatic N) is 1. The Kier molecular flexibility index (Phi) is 7.25. The molecular weight excluding hydrogens is 342 g/mol. The van der Waals surface area contributed by atoms with Crippen LogP contribution in [-0.2, 0) is 27.2 Å².